The Hall–Kier alpha value is -1.37. The van der Waals surface area contributed by atoms with Crippen LogP contribution in [0, 0.1) is 5.41 Å². The molecule has 6 nitrogen and oxygen atoms in total. The summed E-state index contributed by atoms with van der Waals surface area (Å²) in [6.07, 6.45) is 5.56. The van der Waals surface area contributed by atoms with Crippen molar-refractivity contribution in [2.45, 2.75) is 38.5 Å². The molecule has 19 heavy (non-hydrogen) atoms. The van der Waals surface area contributed by atoms with Crippen molar-refractivity contribution in [3.05, 3.63) is 0 Å². The highest BCUT2D eigenvalue weighted by molar-refractivity contribution is 7.80. The Balaban J connectivity index is 2.57. The molecule has 1 aliphatic carbocycles. The monoisotopic (exact) mass is 286 g/mol. The number of carbonyl (C=O) groups is 2. The van der Waals surface area contributed by atoms with Gasteiger partial charge in [-0.15, -0.1) is 0 Å². The van der Waals surface area contributed by atoms with E-state index in [0.29, 0.717) is 25.9 Å². The zero-order valence-electron chi connectivity index (χ0n) is 11.0. The maximum absolute atomic E-state index is 12.3. The van der Waals surface area contributed by atoms with Gasteiger partial charge < -0.3 is 22.1 Å². The summed E-state index contributed by atoms with van der Waals surface area (Å²) in [5.74, 6) is -0.131. The number of hydrogen-bond donors (Lipinski definition) is 4. The van der Waals surface area contributed by atoms with Crippen molar-refractivity contribution in [2.75, 3.05) is 13.1 Å². The van der Waals surface area contributed by atoms with Gasteiger partial charge in [0.05, 0.1) is 10.4 Å². The van der Waals surface area contributed by atoms with E-state index in [4.69, 9.17) is 23.7 Å². The molecule has 0 aromatic carbocycles. The molecule has 1 saturated carbocycles. The van der Waals surface area contributed by atoms with Crippen LogP contribution in [0.15, 0.2) is 0 Å². The van der Waals surface area contributed by atoms with Gasteiger partial charge in [0.25, 0.3) is 0 Å². The van der Waals surface area contributed by atoms with Crippen LogP contribution in [0.3, 0.4) is 0 Å². The van der Waals surface area contributed by atoms with E-state index >= 15 is 0 Å². The highest BCUT2D eigenvalue weighted by Crippen LogP contribution is 2.35. The van der Waals surface area contributed by atoms with Crippen LogP contribution >= 0.6 is 12.2 Å². The van der Waals surface area contributed by atoms with Crippen LogP contribution < -0.4 is 22.1 Å². The Morgan fingerprint density at radius 1 is 1.00 bits per heavy atom. The lowest BCUT2D eigenvalue weighted by atomic mass is 9.79. The largest absolute Gasteiger partial charge is 0.392 e. The molecule has 0 unspecified atom stereocenters. The van der Waals surface area contributed by atoms with Crippen LogP contribution in [0.2, 0.25) is 0 Å². The third kappa shape index (κ3) is 4.34. The Labute approximate surface area is 118 Å². The maximum Gasteiger partial charge on any atom is 0.312 e. The molecule has 3 amide bonds. The molecule has 0 saturated heterocycles. The molecular formula is C12H22N4O2S. The number of hydrogen-bond acceptors (Lipinski definition) is 3. The van der Waals surface area contributed by atoms with Crippen LogP contribution in [0.1, 0.15) is 38.5 Å². The molecule has 7 heteroatoms. The number of nitrogens with two attached hydrogens (primary N) is 2. The number of amides is 3. The lowest BCUT2D eigenvalue weighted by Gasteiger charge is -2.30. The van der Waals surface area contributed by atoms with Crippen molar-refractivity contribution in [2.24, 2.45) is 16.9 Å². The summed E-state index contributed by atoms with van der Waals surface area (Å²) in [5.41, 5.74) is 10.0. The standard InChI is InChI=1S/C12H22N4O2S/c13-9(19)12(5-3-1-2-4-6-12)10(17)15-7-8-16-11(14)18/h1-8H2,(H2,13,19)(H,15,17)(H3,14,16,18). The molecule has 108 valence electrons. The second-order valence-corrected chi connectivity index (χ2v) is 5.35. The molecule has 1 rings (SSSR count). The van der Waals surface area contributed by atoms with Gasteiger partial charge in [0, 0.05) is 13.1 Å². The molecule has 0 aromatic heterocycles. The number of urea groups is 1. The van der Waals surface area contributed by atoms with E-state index in [1.54, 1.807) is 0 Å². The van der Waals surface area contributed by atoms with Gasteiger partial charge in [-0.3, -0.25) is 4.79 Å². The summed E-state index contributed by atoms with van der Waals surface area (Å²) in [6, 6.07) is -0.604. The minimum atomic E-state index is -0.724. The van der Waals surface area contributed by atoms with Crippen molar-refractivity contribution in [3.8, 4) is 0 Å². The highest BCUT2D eigenvalue weighted by atomic mass is 32.1. The Bertz CT molecular complexity index is 352. The molecule has 0 radical (unpaired) electrons. The summed E-state index contributed by atoms with van der Waals surface area (Å²) in [6.45, 7) is 0.626. The molecule has 0 heterocycles. The Kier molecular flexibility index (Phi) is 6.01. The number of carbonyl (C=O) groups excluding carboxylic acids is 2. The summed E-state index contributed by atoms with van der Waals surface area (Å²) < 4.78 is 0. The van der Waals surface area contributed by atoms with E-state index in [2.05, 4.69) is 10.6 Å². The molecule has 0 bridgehead atoms. The minimum absolute atomic E-state index is 0.131. The SMILES string of the molecule is NC(=O)NCCNC(=O)C1(C(N)=S)CCCCCC1. The smallest absolute Gasteiger partial charge is 0.312 e. The molecule has 0 aromatic rings. The molecule has 0 aliphatic heterocycles. The van der Waals surface area contributed by atoms with Crippen molar-refractivity contribution in [1.82, 2.24) is 10.6 Å². The first kappa shape index (κ1) is 15.7. The molecule has 1 fully saturated rings. The van der Waals surface area contributed by atoms with Gasteiger partial charge in [-0.2, -0.15) is 0 Å². The molecule has 0 atom stereocenters. The maximum atomic E-state index is 12.3. The number of nitrogens with one attached hydrogen (secondary N) is 2. The van der Waals surface area contributed by atoms with E-state index in [1.807, 2.05) is 0 Å². The van der Waals surface area contributed by atoms with Gasteiger partial charge in [-0.1, -0.05) is 37.9 Å². The summed E-state index contributed by atoms with van der Waals surface area (Å²) in [5, 5.41) is 5.20. The van der Waals surface area contributed by atoms with Crippen molar-refractivity contribution < 1.29 is 9.59 Å². The van der Waals surface area contributed by atoms with Crippen molar-refractivity contribution >= 4 is 29.1 Å². The zero-order chi connectivity index (χ0) is 14.3. The van der Waals surface area contributed by atoms with Gasteiger partial charge in [0.1, 0.15) is 0 Å². The first-order valence-electron chi connectivity index (χ1n) is 6.60. The summed E-state index contributed by atoms with van der Waals surface area (Å²) >= 11 is 5.11. The van der Waals surface area contributed by atoms with E-state index < -0.39 is 11.4 Å². The predicted molar refractivity (Wildman–Crippen MR) is 77.5 cm³/mol. The van der Waals surface area contributed by atoms with Crippen molar-refractivity contribution in [3.63, 3.8) is 0 Å². The lowest BCUT2D eigenvalue weighted by Crippen LogP contribution is -2.50. The normalized spacial score (nSPS) is 18.1. The van der Waals surface area contributed by atoms with E-state index in [0.717, 1.165) is 25.7 Å². The first-order chi connectivity index (χ1) is 8.99. The van der Waals surface area contributed by atoms with Gasteiger partial charge >= 0.3 is 6.03 Å². The number of rotatable bonds is 5. The fraction of sp³-hybridized carbons (Fsp3) is 0.750. The second kappa shape index (κ2) is 7.28. The zero-order valence-corrected chi connectivity index (χ0v) is 11.9. The van der Waals surface area contributed by atoms with Gasteiger partial charge in [-0.05, 0) is 12.8 Å². The third-order valence-corrected chi connectivity index (χ3v) is 3.96. The quantitative estimate of drug-likeness (QED) is 0.333. The average Bonchev–Trinajstić information content (AvgIpc) is 2.60. The second-order valence-electron chi connectivity index (χ2n) is 4.91. The van der Waals surface area contributed by atoms with Crippen LogP contribution in [0.5, 0.6) is 0 Å². The van der Waals surface area contributed by atoms with E-state index in [9.17, 15) is 9.59 Å². The van der Waals surface area contributed by atoms with Gasteiger partial charge in [0.15, 0.2) is 0 Å². The molecule has 1 aliphatic rings. The van der Waals surface area contributed by atoms with Crippen LogP contribution in [-0.4, -0.2) is 30.0 Å². The average molecular weight is 286 g/mol. The van der Waals surface area contributed by atoms with E-state index in [-0.39, 0.29) is 10.9 Å². The molecular weight excluding hydrogens is 264 g/mol. The summed E-state index contributed by atoms with van der Waals surface area (Å²) in [7, 11) is 0. The molecule has 0 spiro atoms. The molecule has 6 N–H and O–H groups in total. The lowest BCUT2D eigenvalue weighted by molar-refractivity contribution is -0.128. The Morgan fingerprint density at radius 2 is 1.53 bits per heavy atom. The number of thiocarbonyl (C=S) groups is 1. The van der Waals surface area contributed by atoms with Crippen LogP contribution in [0.25, 0.3) is 0 Å². The van der Waals surface area contributed by atoms with Crippen LogP contribution in [0.4, 0.5) is 4.79 Å². The van der Waals surface area contributed by atoms with Gasteiger partial charge in [-0.25, -0.2) is 4.79 Å². The van der Waals surface area contributed by atoms with E-state index in [1.165, 1.54) is 0 Å². The van der Waals surface area contributed by atoms with Crippen LogP contribution in [-0.2, 0) is 4.79 Å². The Morgan fingerprint density at radius 3 is 2.00 bits per heavy atom. The van der Waals surface area contributed by atoms with Crippen molar-refractivity contribution in [1.29, 1.82) is 0 Å². The predicted octanol–water partition coefficient (Wildman–Crippen LogP) is 0.398. The fourth-order valence-corrected chi connectivity index (χ4v) is 2.75. The van der Waals surface area contributed by atoms with Gasteiger partial charge in [0.2, 0.25) is 5.91 Å². The topological polar surface area (TPSA) is 110 Å². The minimum Gasteiger partial charge on any atom is -0.392 e. The first-order valence-corrected chi connectivity index (χ1v) is 7.01. The summed E-state index contributed by atoms with van der Waals surface area (Å²) in [4.78, 5) is 23.1. The number of primary amides is 1. The fourth-order valence-electron chi connectivity index (χ4n) is 2.45. The third-order valence-electron chi connectivity index (χ3n) is 3.57. The highest BCUT2D eigenvalue weighted by Gasteiger charge is 2.41.